The molecule has 0 unspecified atom stereocenters. The molecule has 0 saturated heterocycles. The molecule has 1 rings (SSSR count). The molecule has 1 aromatic heterocycles. The molecule has 3 N–H and O–H groups in total. The molecule has 0 aliphatic heterocycles. The van der Waals surface area contributed by atoms with Crippen molar-refractivity contribution in [3.8, 4) is 0 Å². The number of carbonyl (C=O) groups is 1. The predicted octanol–water partition coefficient (Wildman–Crippen LogP) is 1.47. The Bertz CT molecular complexity index is 496. The molecule has 126 valence electrons. The number of amides is 1. The summed E-state index contributed by atoms with van der Waals surface area (Å²) in [6.45, 7) is 7.73. The number of aryl methyl sites for hydroxylation is 1. The Balaban J connectivity index is 0.00000441. The average molecular weight is 421 g/mol. The number of hydrogen-bond acceptors (Lipinski definition) is 2. The Morgan fingerprint density at radius 3 is 2.55 bits per heavy atom. The number of guanidine groups is 1. The number of halogens is 1. The molecule has 0 atom stereocenters. The Kier molecular flexibility index (Phi) is 9.15. The van der Waals surface area contributed by atoms with E-state index in [9.17, 15) is 4.79 Å². The molecule has 1 heterocycles. The van der Waals surface area contributed by atoms with Crippen LogP contribution in [0.4, 0.5) is 0 Å². The van der Waals surface area contributed by atoms with E-state index in [-0.39, 0.29) is 29.9 Å². The van der Waals surface area contributed by atoms with Crippen LogP contribution in [0.15, 0.2) is 23.5 Å². The fourth-order valence-corrected chi connectivity index (χ4v) is 1.89. The average Bonchev–Trinajstić information content (AvgIpc) is 2.86. The van der Waals surface area contributed by atoms with E-state index in [0.29, 0.717) is 13.1 Å². The van der Waals surface area contributed by atoms with E-state index >= 15 is 0 Å². The van der Waals surface area contributed by atoms with E-state index in [4.69, 9.17) is 0 Å². The van der Waals surface area contributed by atoms with Gasteiger partial charge in [0.25, 0.3) is 0 Å². The van der Waals surface area contributed by atoms with Crippen LogP contribution < -0.4 is 16.0 Å². The van der Waals surface area contributed by atoms with Gasteiger partial charge in [-0.2, -0.15) is 0 Å². The smallest absolute Gasteiger partial charge is 0.227 e. The molecule has 0 aliphatic carbocycles. The lowest BCUT2D eigenvalue weighted by Gasteiger charge is -2.24. The number of hydrogen-bond donors (Lipinski definition) is 3. The van der Waals surface area contributed by atoms with E-state index in [0.717, 1.165) is 18.1 Å². The van der Waals surface area contributed by atoms with Gasteiger partial charge in [-0.1, -0.05) is 0 Å². The molecule has 1 aromatic rings. The summed E-state index contributed by atoms with van der Waals surface area (Å²) in [6, 6.07) is 2.04. The fourth-order valence-electron chi connectivity index (χ4n) is 1.89. The lowest BCUT2D eigenvalue weighted by molar-refractivity contribution is -0.128. The molecule has 0 aliphatic rings. The van der Waals surface area contributed by atoms with Crippen LogP contribution in [0.5, 0.6) is 0 Å². The predicted molar refractivity (Wildman–Crippen MR) is 101 cm³/mol. The zero-order valence-corrected chi connectivity index (χ0v) is 16.4. The first-order chi connectivity index (χ1) is 9.89. The van der Waals surface area contributed by atoms with Gasteiger partial charge in [-0.3, -0.25) is 4.79 Å². The number of rotatable bonds is 6. The Labute approximate surface area is 150 Å². The molecule has 22 heavy (non-hydrogen) atoms. The maximum absolute atomic E-state index is 11.8. The van der Waals surface area contributed by atoms with E-state index in [1.165, 1.54) is 0 Å². The molecule has 0 bridgehead atoms. The van der Waals surface area contributed by atoms with Crippen molar-refractivity contribution >= 4 is 35.8 Å². The molecule has 6 nitrogen and oxygen atoms in total. The minimum Gasteiger partial charge on any atom is -0.359 e. The number of aromatic nitrogens is 1. The van der Waals surface area contributed by atoms with Crippen LogP contribution in [0.2, 0.25) is 0 Å². The van der Waals surface area contributed by atoms with E-state index in [1.807, 2.05) is 50.8 Å². The van der Waals surface area contributed by atoms with Gasteiger partial charge in [-0.05, 0) is 32.4 Å². The molecule has 0 aromatic carbocycles. The van der Waals surface area contributed by atoms with Gasteiger partial charge in [0.05, 0.1) is 12.0 Å². The SMILES string of the molecule is CCNC(=NCc1ccn(C)c1)NCC(C)(C)C(=O)NC.I. The fraction of sp³-hybridized carbons (Fsp3) is 0.600. The van der Waals surface area contributed by atoms with Crippen molar-refractivity contribution in [3.05, 3.63) is 24.0 Å². The van der Waals surface area contributed by atoms with Gasteiger partial charge in [0.2, 0.25) is 5.91 Å². The molecule has 7 heteroatoms. The minimum atomic E-state index is -0.488. The van der Waals surface area contributed by atoms with Crippen molar-refractivity contribution in [3.63, 3.8) is 0 Å². The van der Waals surface area contributed by atoms with Crippen molar-refractivity contribution in [2.75, 3.05) is 20.1 Å². The van der Waals surface area contributed by atoms with Crippen LogP contribution in [0.25, 0.3) is 0 Å². The highest BCUT2D eigenvalue weighted by molar-refractivity contribution is 14.0. The number of aliphatic imine (C=N–C) groups is 1. The lowest BCUT2D eigenvalue weighted by Crippen LogP contribution is -2.47. The van der Waals surface area contributed by atoms with E-state index < -0.39 is 5.41 Å². The van der Waals surface area contributed by atoms with Crippen LogP contribution >= 0.6 is 24.0 Å². The molecule has 0 spiro atoms. The van der Waals surface area contributed by atoms with Crippen LogP contribution in [-0.2, 0) is 18.4 Å². The number of nitrogens with one attached hydrogen (secondary N) is 3. The Morgan fingerprint density at radius 1 is 1.36 bits per heavy atom. The van der Waals surface area contributed by atoms with Crippen molar-refractivity contribution in [2.45, 2.75) is 27.3 Å². The first kappa shape index (κ1) is 20.8. The van der Waals surface area contributed by atoms with Gasteiger partial charge in [0.1, 0.15) is 0 Å². The normalized spacial score (nSPS) is 11.6. The molecule has 0 saturated carbocycles. The summed E-state index contributed by atoms with van der Waals surface area (Å²) in [5.74, 6) is 0.729. The second-order valence-corrected chi connectivity index (χ2v) is 5.70. The second kappa shape index (κ2) is 9.70. The summed E-state index contributed by atoms with van der Waals surface area (Å²) in [4.78, 5) is 16.3. The topological polar surface area (TPSA) is 70.5 Å². The molecular weight excluding hydrogens is 393 g/mol. The summed E-state index contributed by atoms with van der Waals surface area (Å²) >= 11 is 0. The maximum atomic E-state index is 11.8. The van der Waals surface area contributed by atoms with Gasteiger partial charge >= 0.3 is 0 Å². The maximum Gasteiger partial charge on any atom is 0.227 e. The van der Waals surface area contributed by atoms with Crippen molar-refractivity contribution in [2.24, 2.45) is 17.5 Å². The lowest BCUT2D eigenvalue weighted by atomic mass is 9.92. The molecule has 0 fully saturated rings. The molecule has 0 radical (unpaired) electrons. The van der Waals surface area contributed by atoms with Gasteiger partial charge in [-0.25, -0.2) is 4.99 Å². The summed E-state index contributed by atoms with van der Waals surface area (Å²) in [5.41, 5.74) is 0.665. The van der Waals surface area contributed by atoms with E-state index in [1.54, 1.807) is 7.05 Å². The molecular formula is C15H28IN5O. The van der Waals surface area contributed by atoms with Crippen molar-refractivity contribution in [1.29, 1.82) is 0 Å². The van der Waals surface area contributed by atoms with Gasteiger partial charge in [0.15, 0.2) is 5.96 Å². The van der Waals surface area contributed by atoms with Crippen LogP contribution in [0.1, 0.15) is 26.3 Å². The first-order valence-corrected chi connectivity index (χ1v) is 7.24. The molecule has 1 amide bonds. The highest BCUT2D eigenvalue weighted by Crippen LogP contribution is 2.13. The minimum absolute atomic E-state index is 0. The monoisotopic (exact) mass is 421 g/mol. The number of carbonyl (C=O) groups excluding carboxylic acids is 1. The van der Waals surface area contributed by atoms with Crippen LogP contribution in [0, 0.1) is 5.41 Å². The van der Waals surface area contributed by atoms with Gasteiger partial charge in [0, 0.05) is 39.6 Å². The highest BCUT2D eigenvalue weighted by Gasteiger charge is 2.26. The van der Waals surface area contributed by atoms with E-state index in [2.05, 4.69) is 20.9 Å². The van der Waals surface area contributed by atoms with Crippen molar-refractivity contribution < 1.29 is 4.79 Å². The van der Waals surface area contributed by atoms with Crippen LogP contribution in [-0.4, -0.2) is 36.6 Å². The zero-order valence-electron chi connectivity index (χ0n) is 14.1. The van der Waals surface area contributed by atoms with Gasteiger partial charge < -0.3 is 20.5 Å². The quantitative estimate of drug-likeness (QED) is 0.370. The number of nitrogens with zero attached hydrogens (tertiary/aromatic N) is 2. The third-order valence-corrected chi connectivity index (χ3v) is 3.20. The first-order valence-electron chi connectivity index (χ1n) is 7.24. The Morgan fingerprint density at radius 2 is 2.05 bits per heavy atom. The summed E-state index contributed by atoms with van der Waals surface area (Å²) in [7, 11) is 3.64. The highest BCUT2D eigenvalue weighted by atomic mass is 127. The third-order valence-electron chi connectivity index (χ3n) is 3.20. The largest absolute Gasteiger partial charge is 0.359 e. The van der Waals surface area contributed by atoms with Crippen LogP contribution in [0.3, 0.4) is 0 Å². The summed E-state index contributed by atoms with van der Waals surface area (Å²) in [5, 5.41) is 9.09. The zero-order chi connectivity index (χ0) is 15.9. The van der Waals surface area contributed by atoms with Gasteiger partial charge in [-0.15, -0.1) is 24.0 Å². The summed E-state index contributed by atoms with van der Waals surface area (Å²) < 4.78 is 2.00. The third kappa shape index (κ3) is 6.67. The Hall–Kier alpha value is -1.25. The standard InChI is InChI=1S/C15H27N5O.HI/c1-6-17-14(18-9-12-7-8-20(5)10-12)19-11-15(2,3)13(21)16-4;/h7-8,10H,6,9,11H2,1-5H3,(H,16,21)(H2,17,18,19);1H. The second-order valence-electron chi connectivity index (χ2n) is 5.70. The summed E-state index contributed by atoms with van der Waals surface area (Å²) in [6.07, 6.45) is 4.04. The van der Waals surface area contributed by atoms with Crippen molar-refractivity contribution in [1.82, 2.24) is 20.5 Å².